The average Bonchev–Trinajstić information content (AvgIpc) is 3.52. The van der Waals surface area contributed by atoms with Crippen molar-refractivity contribution in [1.82, 2.24) is 28.1 Å². The predicted molar refractivity (Wildman–Crippen MR) is 152 cm³/mol. The molecule has 2 N–H and O–H groups in total. The third-order valence-electron chi connectivity index (χ3n) is 7.32. The first-order chi connectivity index (χ1) is 19.0. The fraction of sp³-hybridized carbons (Fsp3) is 0.310. The SMILES string of the molecule is CC#CCn1c(N2CCCC(N)C2)nc2c1c(=O)n(Cc1nc3ccccn3c1-c1ccccc1)c(=O)n2C. The van der Waals surface area contributed by atoms with E-state index in [-0.39, 0.29) is 19.1 Å². The van der Waals surface area contributed by atoms with Crippen LogP contribution in [0.25, 0.3) is 28.1 Å². The van der Waals surface area contributed by atoms with Crippen molar-refractivity contribution in [2.45, 2.75) is 38.9 Å². The fourth-order valence-electron chi connectivity index (χ4n) is 5.45. The van der Waals surface area contributed by atoms with E-state index >= 15 is 0 Å². The van der Waals surface area contributed by atoms with Gasteiger partial charge in [-0.2, -0.15) is 4.98 Å². The zero-order chi connectivity index (χ0) is 27.1. The van der Waals surface area contributed by atoms with E-state index in [4.69, 9.17) is 15.7 Å². The van der Waals surface area contributed by atoms with Gasteiger partial charge < -0.3 is 10.6 Å². The highest BCUT2D eigenvalue weighted by Gasteiger charge is 2.27. The molecule has 0 radical (unpaired) electrons. The van der Waals surface area contributed by atoms with E-state index in [9.17, 15) is 9.59 Å². The molecule has 0 amide bonds. The Morgan fingerprint density at radius 2 is 1.85 bits per heavy atom. The van der Waals surface area contributed by atoms with Crippen molar-refractivity contribution in [2.24, 2.45) is 12.8 Å². The first kappa shape index (κ1) is 24.7. The second kappa shape index (κ2) is 9.93. The maximum Gasteiger partial charge on any atom is 0.332 e. The number of piperidine rings is 1. The number of anilines is 1. The van der Waals surface area contributed by atoms with Crippen molar-refractivity contribution in [2.75, 3.05) is 18.0 Å². The Morgan fingerprint density at radius 1 is 1.05 bits per heavy atom. The Balaban J connectivity index is 1.56. The smallest absolute Gasteiger partial charge is 0.332 e. The summed E-state index contributed by atoms with van der Waals surface area (Å²) < 4.78 is 6.50. The molecule has 1 saturated heterocycles. The minimum atomic E-state index is -0.448. The molecule has 198 valence electrons. The Labute approximate surface area is 224 Å². The fourth-order valence-corrected chi connectivity index (χ4v) is 5.45. The van der Waals surface area contributed by atoms with Gasteiger partial charge in [-0.1, -0.05) is 42.3 Å². The van der Waals surface area contributed by atoms with Gasteiger partial charge in [0, 0.05) is 37.9 Å². The van der Waals surface area contributed by atoms with Crippen LogP contribution in [0.2, 0.25) is 0 Å². The molecule has 1 aliphatic rings. The van der Waals surface area contributed by atoms with Crippen LogP contribution in [-0.2, 0) is 20.1 Å². The largest absolute Gasteiger partial charge is 0.341 e. The topological polar surface area (TPSA) is 108 Å². The lowest BCUT2D eigenvalue weighted by atomic mass is 10.1. The van der Waals surface area contributed by atoms with Crippen LogP contribution in [0.1, 0.15) is 25.5 Å². The first-order valence-electron chi connectivity index (χ1n) is 13.1. The predicted octanol–water partition coefficient (Wildman–Crippen LogP) is 2.21. The quantitative estimate of drug-likeness (QED) is 0.355. The molecule has 1 aromatic carbocycles. The molecule has 1 atom stereocenters. The Kier molecular flexibility index (Phi) is 6.29. The summed E-state index contributed by atoms with van der Waals surface area (Å²) in [6.07, 6.45) is 3.81. The van der Waals surface area contributed by atoms with Crippen molar-refractivity contribution in [3.63, 3.8) is 0 Å². The maximum absolute atomic E-state index is 14.1. The van der Waals surface area contributed by atoms with Crippen molar-refractivity contribution < 1.29 is 0 Å². The van der Waals surface area contributed by atoms with Gasteiger partial charge in [0.2, 0.25) is 5.95 Å². The summed E-state index contributed by atoms with van der Waals surface area (Å²) in [6, 6.07) is 15.7. The van der Waals surface area contributed by atoms with E-state index in [1.807, 2.05) is 63.7 Å². The molecule has 1 fully saturated rings. The summed E-state index contributed by atoms with van der Waals surface area (Å²) in [6.45, 7) is 3.47. The summed E-state index contributed by atoms with van der Waals surface area (Å²) in [4.78, 5) is 39.4. The zero-order valence-corrected chi connectivity index (χ0v) is 22.0. The van der Waals surface area contributed by atoms with Crippen molar-refractivity contribution in [3.05, 3.63) is 81.3 Å². The molecule has 0 aliphatic carbocycles. The van der Waals surface area contributed by atoms with E-state index in [1.54, 1.807) is 14.0 Å². The lowest BCUT2D eigenvalue weighted by molar-refractivity contribution is 0.496. The molecule has 0 saturated carbocycles. The molecule has 5 aromatic rings. The van der Waals surface area contributed by atoms with Crippen LogP contribution in [0.5, 0.6) is 0 Å². The Bertz CT molecular complexity index is 1870. The lowest BCUT2D eigenvalue weighted by Gasteiger charge is -2.31. The third-order valence-corrected chi connectivity index (χ3v) is 7.32. The Morgan fingerprint density at radius 3 is 2.62 bits per heavy atom. The van der Waals surface area contributed by atoms with Gasteiger partial charge in [-0.05, 0) is 31.9 Å². The van der Waals surface area contributed by atoms with Gasteiger partial charge in [0.1, 0.15) is 5.65 Å². The molecular formula is C29H30N8O2. The number of nitrogens with zero attached hydrogens (tertiary/aromatic N) is 7. The summed E-state index contributed by atoms with van der Waals surface area (Å²) in [5.74, 6) is 6.61. The highest BCUT2D eigenvalue weighted by molar-refractivity contribution is 5.75. The van der Waals surface area contributed by atoms with Crippen molar-refractivity contribution >= 4 is 22.8 Å². The van der Waals surface area contributed by atoms with Gasteiger partial charge in [-0.25, -0.2) is 9.78 Å². The number of hydrogen-bond acceptors (Lipinski definition) is 6. The first-order valence-corrected chi connectivity index (χ1v) is 13.1. The van der Waals surface area contributed by atoms with Gasteiger partial charge in [-0.15, -0.1) is 5.92 Å². The molecule has 1 aliphatic heterocycles. The summed E-state index contributed by atoms with van der Waals surface area (Å²) in [5, 5.41) is 0. The molecule has 10 heteroatoms. The molecule has 1 unspecified atom stereocenters. The van der Waals surface area contributed by atoms with Gasteiger partial charge in [-0.3, -0.25) is 22.9 Å². The molecule has 0 spiro atoms. The van der Waals surface area contributed by atoms with Crippen LogP contribution in [0, 0.1) is 11.8 Å². The highest BCUT2D eigenvalue weighted by Crippen LogP contribution is 2.26. The minimum Gasteiger partial charge on any atom is -0.341 e. The zero-order valence-electron chi connectivity index (χ0n) is 22.0. The van der Waals surface area contributed by atoms with Crippen molar-refractivity contribution in [3.8, 4) is 23.1 Å². The van der Waals surface area contributed by atoms with E-state index in [2.05, 4.69) is 16.7 Å². The number of pyridine rings is 1. The summed E-state index contributed by atoms with van der Waals surface area (Å²) in [7, 11) is 1.65. The normalized spacial score (nSPS) is 15.6. The Hall–Kier alpha value is -4.62. The van der Waals surface area contributed by atoms with Gasteiger partial charge in [0.15, 0.2) is 11.2 Å². The molecule has 0 bridgehead atoms. The standard InChI is InChI=1S/C29H30N8O2/c1-3-4-16-36-25-26(32-28(36)34-15-10-13-21(30)18-34)33(2)29(39)37(27(25)38)19-22-24(20-11-6-5-7-12-20)35-17-9-8-14-23(35)31-22/h5-9,11-12,14,17,21H,10,13,15-16,18-19,30H2,1-2H3. The number of hydrogen-bond donors (Lipinski definition) is 1. The number of aryl methyl sites for hydroxylation is 1. The molecule has 10 nitrogen and oxygen atoms in total. The van der Waals surface area contributed by atoms with Crippen molar-refractivity contribution in [1.29, 1.82) is 0 Å². The van der Waals surface area contributed by atoms with Gasteiger partial charge in [0.25, 0.3) is 5.56 Å². The molecule has 5 heterocycles. The summed E-state index contributed by atoms with van der Waals surface area (Å²) in [5.41, 5.74) is 9.24. The molecule has 6 rings (SSSR count). The highest BCUT2D eigenvalue weighted by atomic mass is 16.2. The van der Waals surface area contributed by atoms with Crippen LogP contribution < -0.4 is 21.9 Å². The van der Waals surface area contributed by atoms with Crippen LogP contribution in [0.15, 0.2) is 64.3 Å². The number of imidazole rings is 2. The van der Waals surface area contributed by atoms with Crippen LogP contribution in [0.3, 0.4) is 0 Å². The number of aromatic nitrogens is 6. The second-order valence-corrected chi connectivity index (χ2v) is 9.88. The van der Waals surface area contributed by atoms with E-state index in [0.717, 1.165) is 36.3 Å². The third kappa shape index (κ3) is 4.21. The maximum atomic E-state index is 14.1. The van der Waals surface area contributed by atoms with E-state index in [1.165, 1.54) is 9.13 Å². The minimum absolute atomic E-state index is 0.0158. The molecular weight excluding hydrogens is 492 g/mol. The number of benzene rings is 1. The van der Waals surface area contributed by atoms with Gasteiger partial charge >= 0.3 is 5.69 Å². The number of nitrogens with two attached hydrogens (primary N) is 1. The summed E-state index contributed by atoms with van der Waals surface area (Å²) >= 11 is 0. The van der Waals surface area contributed by atoms with Gasteiger partial charge in [0.05, 0.1) is 24.5 Å². The number of rotatable bonds is 5. The lowest BCUT2D eigenvalue weighted by Crippen LogP contribution is -2.44. The monoisotopic (exact) mass is 522 g/mol. The van der Waals surface area contributed by atoms with E-state index in [0.29, 0.717) is 29.4 Å². The number of fused-ring (bicyclic) bond motifs is 2. The van der Waals surface area contributed by atoms with Crippen LogP contribution in [-0.4, -0.2) is 47.2 Å². The molecule has 4 aromatic heterocycles. The molecule has 39 heavy (non-hydrogen) atoms. The van der Waals surface area contributed by atoms with E-state index < -0.39 is 11.2 Å². The average molecular weight is 523 g/mol. The van der Waals surface area contributed by atoms with Crippen LogP contribution >= 0.6 is 0 Å². The van der Waals surface area contributed by atoms with Crippen LogP contribution in [0.4, 0.5) is 5.95 Å². The second-order valence-electron chi connectivity index (χ2n) is 9.88.